The molecule has 1 atom stereocenters. The Labute approximate surface area is 94.4 Å². The molecule has 1 aliphatic carbocycles. The lowest BCUT2D eigenvalue weighted by molar-refractivity contribution is 0.133. The number of piperidine rings is 1. The highest BCUT2D eigenvalue weighted by Crippen LogP contribution is 2.34. The molecule has 0 aromatic rings. The summed E-state index contributed by atoms with van der Waals surface area (Å²) in [6.45, 7) is 8.58. The van der Waals surface area contributed by atoms with E-state index in [1.54, 1.807) is 0 Å². The molecular formula is C13H26N2. The van der Waals surface area contributed by atoms with E-state index in [0.29, 0.717) is 5.41 Å². The summed E-state index contributed by atoms with van der Waals surface area (Å²) in [5, 5.41) is 3.75. The normalized spacial score (nSPS) is 29.0. The second kappa shape index (κ2) is 4.42. The maximum atomic E-state index is 3.75. The van der Waals surface area contributed by atoms with Crippen LogP contribution in [-0.2, 0) is 0 Å². The predicted molar refractivity (Wildman–Crippen MR) is 65.0 cm³/mol. The van der Waals surface area contributed by atoms with Gasteiger partial charge in [0.15, 0.2) is 0 Å². The van der Waals surface area contributed by atoms with Crippen LogP contribution in [0.15, 0.2) is 0 Å². The van der Waals surface area contributed by atoms with Gasteiger partial charge in [-0.1, -0.05) is 6.92 Å². The predicted octanol–water partition coefficient (Wildman–Crippen LogP) is 2.11. The van der Waals surface area contributed by atoms with Crippen molar-refractivity contribution in [1.82, 2.24) is 10.2 Å². The summed E-state index contributed by atoms with van der Waals surface area (Å²) in [5.74, 6) is 0.986. The summed E-state index contributed by atoms with van der Waals surface area (Å²) in [6.07, 6.45) is 5.61. The van der Waals surface area contributed by atoms with Crippen molar-refractivity contribution in [1.29, 1.82) is 0 Å². The van der Waals surface area contributed by atoms with Gasteiger partial charge >= 0.3 is 0 Å². The number of hydrogen-bond acceptors (Lipinski definition) is 2. The first kappa shape index (κ1) is 11.4. The third-order valence-corrected chi connectivity index (χ3v) is 4.37. The van der Waals surface area contributed by atoms with E-state index in [4.69, 9.17) is 0 Å². The third-order valence-electron chi connectivity index (χ3n) is 4.37. The fraction of sp³-hybridized carbons (Fsp3) is 1.00. The summed E-state index contributed by atoms with van der Waals surface area (Å²) in [4.78, 5) is 2.45. The molecule has 15 heavy (non-hydrogen) atoms. The van der Waals surface area contributed by atoms with Crippen molar-refractivity contribution in [2.24, 2.45) is 11.3 Å². The van der Waals surface area contributed by atoms with Gasteiger partial charge in [-0.2, -0.15) is 0 Å². The van der Waals surface area contributed by atoms with Gasteiger partial charge < -0.3 is 10.2 Å². The molecule has 0 amide bonds. The van der Waals surface area contributed by atoms with Crippen LogP contribution in [0.2, 0.25) is 0 Å². The van der Waals surface area contributed by atoms with Crippen LogP contribution >= 0.6 is 0 Å². The van der Waals surface area contributed by atoms with Gasteiger partial charge in [0.1, 0.15) is 0 Å². The van der Waals surface area contributed by atoms with E-state index < -0.39 is 0 Å². The van der Waals surface area contributed by atoms with Crippen molar-refractivity contribution in [2.45, 2.75) is 45.6 Å². The van der Waals surface area contributed by atoms with Gasteiger partial charge in [-0.15, -0.1) is 0 Å². The number of hydrogen-bond donors (Lipinski definition) is 1. The van der Waals surface area contributed by atoms with Gasteiger partial charge in [-0.25, -0.2) is 0 Å². The molecule has 2 fully saturated rings. The first-order valence-corrected chi connectivity index (χ1v) is 6.51. The highest BCUT2D eigenvalue weighted by atomic mass is 15.1. The molecule has 0 aromatic carbocycles. The zero-order valence-electron chi connectivity index (χ0n) is 10.6. The van der Waals surface area contributed by atoms with Crippen molar-refractivity contribution in [3.63, 3.8) is 0 Å². The topological polar surface area (TPSA) is 15.3 Å². The van der Waals surface area contributed by atoms with E-state index in [9.17, 15) is 0 Å². The third kappa shape index (κ3) is 3.18. The monoisotopic (exact) mass is 210 g/mol. The van der Waals surface area contributed by atoms with Crippen LogP contribution in [0.4, 0.5) is 0 Å². The molecule has 2 rings (SSSR count). The Bertz CT molecular complexity index is 203. The van der Waals surface area contributed by atoms with Crippen LogP contribution in [0.3, 0.4) is 0 Å². The minimum Gasteiger partial charge on any atom is -0.313 e. The maximum Gasteiger partial charge on any atom is 0.00672 e. The van der Waals surface area contributed by atoms with E-state index in [0.717, 1.165) is 12.0 Å². The fourth-order valence-electron chi connectivity index (χ4n) is 2.51. The summed E-state index contributed by atoms with van der Waals surface area (Å²) < 4.78 is 0. The average Bonchev–Trinajstić information content (AvgIpc) is 3.03. The van der Waals surface area contributed by atoms with Crippen molar-refractivity contribution >= 4 is 0 Å². The van der Waals surface area contributed by atoms with Crippen molar-refractivity contribution in [2.75, 3.05) is 26.7 Å². The smallest absolute Gasteiger partial charge is 0.00672 e. The zero-order valence-corrected chi connectivity index (χ0v) is 10.6. The number of nitrogens with one attached hydrogen (secondary N) is 1. The lowest BCUT2D eigenvalue weighted by Gasteiger charge is -2.38. The van der Waals surface area contributed by atoms with Crippen molar-refractivity contribution in [3.05, 3.63) is 0 Å². The molecule has 1 saturated heterocycles. The Hall–Kier alpha value is -0.0800. The van der Waals surface area contributed by atoms with Crippen LogP contribution in [-0.4, -0.2) is 37.6 Å². The minimum atomic E-state index is 0.551. The number of rotatable bonds is 4. The molecule has 0 aromatic heterocycles. The standard InChI is InChI=1S/C13H26N2/c1-11(12-4-5-12)14-10-13(2)6-8-15(3)9-7-13/h11-12,14H,4-10H2,1-3H3. The summed E-state index contributed by atoms with van der Waals surface area (Å²) >= 11 is 0. The summed E-state index contributed by atoms with van der Waals surface area (Å²) in [6, 6.07) is 0.751. The first-order valence-electron chi connectivity index (χ1n) is 6.51. The number of likely N-dealkylation sites (tertiary alicyclic amines) is 1. The average molecular weight is 210 g/mol. The molecule has 1 heterocycles. The largest absolute Gasteiger partial charge is 0.313 e. The van der Waals surface area contributed by atoms with E-state index in [1.165, 1.54) is 45.3 Å². The van der Waals surface area contributed by atoms with Gasteiger partial charge in [-0.05, 0) is 64.1 Å². The second-order valence-corrected chi connectivity index (χ2v) is 6.12. The second-order valence-electron chi connectivity index (χ2n) is 6.12. The van der Waals surface area contributed by atoms with Gasteiger partial charge in [0.2, 0.25) is 0 Å². The van der Waals surface area contributed by atoms with E-state index in [1.807, 2.05) is 0 Å². The Kier molecular flexibility index (Phi) is 3.36. The molecule has 88 valence electrons. The van der Waals surface area contributed by atoms with E-state index in [-0.39, 0.29) is 0 Å². The summed E-state index contributed by atoms with van der Waals surface area (Å²) in [5.41, 5.74) is 0.551. The zero-order chi connectivity index (χ0) is 10.9. The Morgan fingerprint density at radius 1 is 1.33 bits per heavy atom. The van der Waals surface area contributed by atoms with Crippen molar-refractivity contribution < 1.29 is 0 Å². The lowest BCUT2D eigenvalue weighted by Crippen LogP contribution is -2.44. The minimum absolute atomic E-state index is 0.551. The molecule has 0 spiro atoms. The van der Waals surface area contributed by atoms with E-state index >= 15 is 0 Å². The molecule has 2 nitrogen and oxygen atoms in total. The van der Waals surface area contributed by atoms with Gasteiger partial charge in [-0.3, -0.25) is 0 Å². The molecule has 1 saturated carbocycles. The molecule has 2 heteroatoms. The first-order chi connectivity index (χ1) is 7.09. The van der Waals surface area contributed by atoms with Crippen LogP contribution in [0.1, 0.15) is 39.5 Å². The summed E-state index contributed by atoms with van der Waals surface area (Å²) in [7, 11) is 2.24. The molecule has 1 unspecified atom stereocenters. The van der Waals surface area contributed by atoms with Crippen LogP contribution in [0.25, 0.3) is 0 Å². The lowest BCUT2D eigenvalue weighted by atomic mass is 9.80. The van der Waals surface area contributed by atoms with Crippen LogP contribution < -0.4 is 5.32 Å². The van der Waals surface area contributed by atoms with Crippen molar-refractivity contribution in [3.8, 4) is 0 Å². The van der Waals surface area contributed by atoms with Gasteiger partial charge in [0.05, 0.1) is 0 Å². The molecular weight excluding hydrogens is 184 g/mol. The Morgan fingerprint density at radius 2 is 1.93 bits per heavy atom. The fourth-order valence-corrected chi connectivity index (χ4v) is 2.51. The molecule has 0 bridgehead atoms. The highest BCUT2D eigenvalue weighted by Gasteiger charge is 2.32. The molecule has 0 radical (unpaired) electrons. The number of nitrogens with zero attached hydrogens (tertiary/aromatic N) is 1. The molecule has 1 aliphatic heterocycles. The maximum absolute atomic E-state index is 3.75. The van der Waals surface area contributed by atoms with Gasteiger partial charge in [0.25, 0.3) is 0 Å². The van der Waals surface area contributed by atoms with Crippen LogP contribution in [0, 0.1) is 11.3 Å². The van der Waals surface area contributed by atoms with Gasteiger partial charge in [0, 0.05) is 12.6 Å². The van der Waals surface area contributed by atoms with Crippen LogP contribution in [0.5, 0.6) is 0 Å². The quantitative estimate of drug-likeness (QED) is 0.764. The Morgan fingerprint density at radius 3 is 2.47 bits per heavy atom. The molecule has 2 aliphatic rings. The van der Waals surface area contributed by atoms with E-state index in [2.05, 4.69) is 31.1 Å². The molecule has 1 N–H and O–H groups in total. The highest BCUT2D eigenvalue weighted by molar-refractivity contribution is 4.88. The SMILES string of the molecule is CC(NCC1(C)CCN(C)CC1)C1CC1. The Balaban J connectivity index is 1.72.